The van der Waals surface area contributed by atoms with Gasteiger partial charge < -0.3 is 18.9 Å². The van der Waals surface area contributed by atoms with Crippen LogP contribution in [0.15, 0.2) is 93.9 Å². The van der Waals surface area contributed by atoms with Crippen LogP contribution in [0.3, 0.4) is 0 Å². The number of rotatable bonds is 9. The summed E-state index contributed by atoms with van der Waals surface area (Å²) in [6, 6.07) is 22.0. The third kappa shape index (κ3) is 5.81. The van der Waals surface area contributed by atoms with Crippen LogP contribution in [0.1, 0.15) is 36.6 Å². The molecule has 0 amide bonds. The molecule has 1 aliphatic rings. The molecule has 210 valence electrons. The molecule has 0 saturated heterocycles. The maximum absolute atomic E-state index is 13.9. The van der Waals surface area contributed by atoms with E-state index in [0.717, 1.165) is 16.9 Å². The number of methoxy groups -OCH3 is 2. The number of hydrogen-bond acceptors (Lipinski definition) is 8. The third-order valence-corrected chi connectivity index (χ3v) is 7.66. The molecule has 1 aliphatic heterocycles. The smallest absolute Gasteiger partial charge is 0.338 e. The molecule has 0 radical (unpaired) electrons. The highest BCUT2D eigenvalue weighted by molar-refractivity contribution is 7.07. The molecule has 0 spiro atoms. The zero-order valence-corrected chi connectivity index (χ0v) is 24.1. The molecule has 9 heteroatoms. The van der Waals surface area contributed by atoms with E-state index in [2.05, 4.69) is 4.99 Å². The van der Waals surface area contributed by atoms with Gasteiger partial charge >= 0.3 is 5.97 Å². The minimum atomic E-state index is -0.790. The van der Waals surface area contributed by atoms with Gasteiger partial charge in [-0.05, 0) is 55.3 Å². The molecular formula is C32H30N2O6S. The van der Waals surface area contributed by atoms with Crippen LogP contribution in [0.2, 0.25) is 0 Å². The molecule has 4 aromatic rings. The van der Waals surface area contributed by atoms with E-state index in [4.69, 9.17) is 18.9 Å². The summed E-state index contributed by atoms with van der Waals surface area (Å²) in [6.45, 7) is 4.15. The van der Waals surface area contributed by atoms with Gasteiger partial charge in [-0.1, -0.05) is 53.8 Å². The Kier molecular flexibility index (Phi) is 8.35. The van der Waals surface area contributed by atoms with Gasteiger partial charge in [-0.3, -0.25) is 9.36 Å². The third-order valence-electron chi connectivity index (χ3n) is 6.68. The quantitative estimate of drug-likeness (QED) is 0.277. The fourth-order valence-corrected chi connectivity index (χ4v) is 5.73. The second-order valence-corrected chi connectivity index (χ2v) is 10.3. The van der Waals surface area contributed by atoms with Crippen LogP contribution >= 0.6 is 11.3 Å². The van der Waals surface area contributed by atoms with Crippen LogP contribution in [-0.2, 0) is 16.1 Å². The number of nitrogens with zero attached hydrogens (tertiary/aromatic N) is 2. The van der Waals surface area contributed by atoms with Gasteiger partial charge in [0.25, 0.3) is 5.56 Å². The van der Waals surface area contributed by atoms with Crippen molar-refractivity contribution in [2.24, 2.45) is 4.99 Å². The van der Waals surface area contributed by atoms with Crippen molar-refractivity contribution in [1.82, 2.24) is 4.57 Å². The normalized spacial score (nSPS) is 14.7. The van der Waals surface area contributed by atoms with Crippen molar-refractivity contribution in [2.45, 2.75) is 26.5 Å². The maximum atomic E-state index is 13.9. The second-order valence-electron chi connectivity index (χ2n) is 9.25. The molecule has 1 aromatic heterocycles. The number of benzene rings is 3. The summed E-state index contributed by atoms with van der Waals surface area (Å²) in [4.78, 5) is 32.2. The SMILES string of the molecule is CCOC(=O)C1=C(C)N=c2s/c(=C\c3ccc(OCc4ccccc4)cc3)c(=O)n2[C@@H]1c1ccc(OC)cc1OC. The van der Waals surface area contributed by atoms with Crippen molar-refractivity contribution >= 4 is 23.4 Å². The molecule has 2 heterocycles. The van der Waals surface area contributed by atoms with E-state index in [1.54, 1.807) is 39.2 Å². The van der Waals surface area contributed by atoms with E-state index in [1.807, 2.05) is 60.7 Å². The first-order valence-electron chi connectivity index (χ1n) is 13.1. The van der Waals surface area contributed by atoms with Gasteiger partial charge in [0, 0.05) is 11.6 Å². The van der Waals surface area contributed by atoms with E-state index >= 15 is 0 Å². The van der Waals surface area contributed by atoms with Crippen LogP contribution in [0, 0.1) is 0 Å². The molecular weight excluding hydrogens is 540 g/mol. The number of carbonyl (C=O) groups is 1. The summed E-state index contributed by atoms with van der Waals surface area (Å²) in [5.74, 6) is 1.27. The van der Waals surface area contributed by atoms with Crippen molar-refractivity contribution in [2.75, 3.05) is 20.8 Å². The fourth-order valence-electron chi connectivity index (χ4n) is 4.68. The van der Waals surface area contributed by atoms with Crippen LogP contribution < -0.4 is 29.1 Å². The largest absolute Gasteiger partial charge is 0.497 e. The van der Waals surface area contributed by atoms with E-state index in [1.165, 1.54) is 23.0 Å². The Labute approximate surface area is 241 Å². The zero-order chi connectivity index (χ0) is 28.9. The number of hydrogen-bond donors (Lipinski definition) is 0. The van der Waals surface area contributed by atoms with Crippen molar-refractivity contribution in [1.29, 1.82) is 0 Å². The lowest BCUT2D eigenvalue weighted by Gasteiger charge is -2.26. The van der Waals surface area contributed by atoms with Crippen LogP contribution in [-0.4, -0.2) is 31.4 Å². The molecule has 8 nitrogen and oxygen atoms in total. The number of aromatic nitrogens is 1. The molecule has 1 atom stereocenters. The lowest BCUT2D eigenvalue weighted by molar-refractivity contribution is -0.139. The number of fused-ring (bicyclic) bond motifs is 1. The predicted octanol–water partition coefficient (Wildman–Crippen LogP) is 4.39. The first-order chi connectivity index (χ1) is 19.9. The summed E-state index contributed by atoms with van der Waals surface area (Å²) in [7, 11) is 3.10. The first-order valence-corrected chi connectivity index (χ1v) is 13.9. The van der Waals surface area contributed by atoms with Gasteiger partial charge in [0.2, 0.25) is 0 Å². The lowest BCUT2D eigenvalue weighted by Crippen LogP contribution is -2.40. The van der Waals surface area contributed by atoms with E-state index in [9.17, 15) is 9.59 Å². The predicted molar refractivity (Wildman–Crippen MR) is 157 cm³/mol. The topological polar surface area (TPSA) is 88.4 Å². The van der Waals surface area contributed by atoms with Gasteiger partial charge in [-0.15, -0.1) is 0 Å². The van der Waals surface area contributed by atoms with Gasteiger partial charge in [0.1, 0.15) is 29.9 Å². The molecule has 0 N–H and O–H groups in total. The Morgan fingerprint density at radius 1 is 1.00 bits per heavy atom. The Morgan fingerprint density at radius 2 is 1.73 bits per heavy atom. The molecule has 0 aliphatic carbocycles. The van der Waals surface area contributed by atoms with Crippen LogP contribution in [0.25, 0.3) is 6.08 Å². The Bertz CT molecular complexity index is 1770. The second kappa shape index (κ2) is 12.3. The van der Waals surface area contributed by atoms with Gasteiger partial charge in [0.15, 0.2) is 4.80 Å². The molecule has 5 rings (SSSR count). The highest BCUT2D eigenvalue weighted by Gasteiger charge is 2.35. The Hall–Kier alpha value is -4.63. The van der Waals surface area contributed by atoms with Crippen molar-refractivity contribution < 1.29 is 23.7 Å². The maximum Gasteiger partial charge on any atom is 0.338 e. The van der Waals surface area contributed by atoms with Crippen molar-refractivity contribution in [3.63, 3.8) is 0 Å². The van der Waals surface area contributed by atoms with E-state index in [-0.39, 0.29) is 17.7 Å². The van der Waals surface area contributed by atoms with Gasteiger partial charge in [-0.25, -0.2) is 9.79 Å². The summed E-state index contributed by atoms with van der Waals surface area (Å²) in [5.41, 5.74) is 3.04. The van der Waals surface area contributed by atoms with Crippen LogP contribution in [0.4, 0.5) is 0 Å². The van der Waals surface area contributed by atoms with Crippen molar-refractivity contribution in [3.05, 3.63) is 120 Å². The highest BCUT2D eigenvalue weighted by Crippen LogP contribution is 2.37. The summed E-state index contributed by atoms with van der Waals surface area (Å²) in [5, 5.41) is 0. The monoisotopic (exact) mass is 570 g/mol. The van der Waals surface area contributed by atoms with Gasteiger partial charge in [-0.2, -0.15) is 0 Å². The summed E-state index contributed by atoms with van der Waals surface area (Å²) < 4.78 is 24.3. The Morgan fingerprint density at radius 3 is 2.41 bits per heavy atom. The summed E-state index contributed by atoms with van der Waals surface area (Å²) >= 11 is 1.26. The number of esters is 1. The standard InChI is InChI=1S/C32H30N2O6S/c1-5-39-31(36)28-20(2)33-32-34(29(28)25-16-15-24(37-3)18-26(25)38-4)30(35)27(41-32)17-21-11-13-23(14-12-21)40-19-22-9-7-6-8-10-22/h6-18,29H,5,19H2,1-4H3/b27-17-/t29-/m1/s1. The molecule has 3 aromatic carbocycles. The van der Waals surface area contributed by atoms with Gasteiger partial charge in [0.05, 0.1) is 36.6 Å². The average Bonchev–Trinajstić information content (AvgIpc) is 3.30. The number of ether oxygens (including phenoxy) is 4. The van der Waals surface area contributed by atoms with Crippen molar-refractivity contribution in [3.8, 4) is 17.2 Å². The minimum Gasteiger partial charge on any atom is -0.497 e. The molecule has 0 unspecified atom stereocenters. The van der Waals surface area contributed by atoms with E-state index < -0.39 is 12.0 Å². The number of allylic oxidation sites excluding steroid dienone is 1. The Balaban J connectivity index is 1.55. The summed E-state index contributed by atoms with van der Waals surface area (Å²) in [6.07, 6.45) is 1.82. The molecule has 0 fully saturated rings. The fraction of sp³-hybridized carbons (Fsp3) is 0.219. The van der Waals surface area contributed by atoms with Crippen LogP contribution in [0.5, 0.6) is 17.2 Å². The molecule has 41 heavy (non-hydrogen) atoms. The van der Waals surface area contributed by atoms with E-state index in [0.29, 0.717) is 38.7 Å². The lowest BCUT2D eigenvalue weighted by atomic mass is 9.95. The first kappa shape index (κ1) is 27.9. The number of thiazole rings is 1. The average molecular weight is 571 g/mol. The highest BCUT2D eigenvalue weighted by atomic mass is 32.1. The molecule has 0 saturated carbocycles. The molecule has 0 bridgehead atoms. The number of carbonyl (C=O) groups excluding carboxylic acids is 1. The zero-order valence-electron chi connectivity index (χ0n) is 23.2. The minimum absolute atomic E-state index is 0.192.